The standard InChI is InChI=1S/C29H26ClNO7/c1-14(2)37-28(34)19-12-17(16-9-7-6-8-10-16)22-18(31-19)11-15(3)29(26(22)32)27(33)23-20(35-4)13-21(36-5)24(30)25(23)38-29/h6-10,12-15H,11H2,1-5H3/t15-,29-/m0/s1. The Balaban J connectivity index is 1.72. The smallest absolute Gasteiger partial charge is 0.357 e. The molecule has 8 nitrogen and oxygen atoms in total. The topological polar surface area (TPSA) is 101 Å². The molecule has 0 fully saturated rings. The van der Waals surface area contributed by atoms with E-state index in [-0.39, 0.29) is 51.6 Å². The molecule has 0 unspecified atom stereocenters. The average molecular weight is 536 g/mol. The fourth-order valence-electron chi connectivity index (χ4n) is 5.14. The van der Waals surface area contributed by atoms with Gasteiger partial charge in [0.05, 0.1) is 31.6 Å². The molecule has 0 radical (unpaired) electrons. The molecule has 2 aliphatic rings. The summed E-state index contributed by atoms with van der Waals surface area (Å²) < 4.78 is 22.4. The maximum Gasteiger partial charge on any atom is 0.357 e. The zero-order valence-corrected chi connectivity index (χ0v) is 22.3. The van der Waals surface area contributed by atoms with Gasteiger partial charge in [0.2, 0.25) is 17.2 Å². The lowest BCUT2D eigenvalue weighted by Gasteiger charge is -2.37. The highest BCUT2D eigenvalue weighted by Gasteiger charge is 2.62. The van der Waals surface area contributed by atoms with Crippen molar-refractivity contribution in [3.63, 3.8) is 0 Å². The average Bonchev–Trinajstić information content (AvgIpc) is 3.22. The van der Waals surface area contributed by atoms with Gasteiger partial charge in [0.15, 0.2) is 5.75 Å². The summed E-state index contributed by atoms with van der Waals surface area (Å²) in [7, 11) is 2.85. The van der Waals surface area contributed by atoms with Gasteiger partial charge in [-0.05, 0) is 37.5 Å². The Morgan fingerprint density at radius 1 is 1.05 bits per heavy atom. The van der Waals surface area contributed by atoms with Crippen molar-refractivity contribution in [1.82, 2.24) is 4.98 Å². The number of pyridine rings is 1. The molecule has 0 bridgehead atoms. The van der Waals surface area contributed by atoms with Gasteiger partial charge in [-0.15, -0.1) is 0 Å². The van der Waals surface area contributed by atoms with Crippen molar-refractivity contribution in [2.24, 2.45) is 5.92 Å². The fraction of sp³-hybridized carbons (Fsp3) is 0.310. The van der Waals surface area contributed by atoms with E-state index < -0.39 is 29.1 Å². The number of benzene rings is 2. The Morgan fingerprint density at radius 3 is 2.34 bits per heavy atom. The zero-order chi connectivity index (χ0) is 27.4. The van der Waals surface area contributed by atoms with Crippen molar-refractivity contribution in [1.29, 1.82) is 0 Å². The molecule has 38 heavy (non-hydrogen) atoms. The lowest BCUT2D eigenvalue weighted by Crippen LogP contribution is -2.57. The summed E-state index contributed by atoms with van der Waals surface area (Å²) in [5.74, 6) is -1.83. The SMILES string of the molecule is COc1cc(OC)c2c(c1Cl)O[C@@]1(C(=O)c3c(-c4ccccc4)cc(C(=O)OC(C)C)nc3C[C@@H]1C)C2=O. The quantitative estimate of drug-likeness (QED) is 0.317. The van der Waals surface area contributed by atoms with Crippen molar-refractivity contribution < 1.29 is 33.3 Å². The first kappa shape index (κ1) is 25.7. The van der Waals surface area contributed by atoms with Crippen LogP contribution in [-0.4, -0.2) is 48.4 Å². The molecule has 9 heteroatoms. The second kappa shape index (κ2) is 9.44. The van der Waals surface area contributed by atoms with Crippen molar-refractivity contribution in [2.75, 3.05) is 14.2 Å². The first-order chi connectivity index (χ1) is 18.1. The predicted molar refractivity (Wildman–Crippen MR) is 140 cm³/mol. The Morgan fingerprint density at radius 2 is 1.71 bits per heavy atom. The number of aromatic nitrogens is 1. The van der Waals surface area contributed by atoms with Crippen molar-refractivity contribution >= 4 is 29.1 Å². The van der Waals surface area contributed by atoms with Gasteiger partial charge in [-0.1, -0.05) is 48.9 Å². The maximum absolute atomic E-state index is 14.4. The number of ether oxygens (including phenoxy) is 4. The Hall–Kier alpha value is -3.91. The van der Waals surface area contributed by atoms with E-state index in [2.05, 4.69) is 4.98 Å². The molecule has 0 saturated heterocycles. The lowest BCUT2D eigenvalue weighted by atomic mass is 9.69. The van der Waals surface area contributed by atoms with Gasteiger partial charge in [0, 0.05) is 12.0 Å². The van der Waals surface area contributed by atoms with Crippen LogP contribution >= 0.6 is 11.6 Å². The number of ketones is 2. The van der Waals surface area contributed by atoms with E-state index in [9.17, 15) is 14.4 Å². The van der Waals surface area contributed by atoms with Gasteiger partial charge in [0.1, 0.15) is 27.8 Å². The van der Waals surface area contributed by atoms with E-state index in [1.54, 1.807) is 20.8 Å². The second-order valence-electron chi connectivity index (χ2n) is 9.60. The van der Waals surface area contributed by atoms with Crippen LogP contribution < -0.4 is 14.2 Å². The highest BCUT2D eigenvalue weighted by Crippen LogP contribution is 2.54. The van der Waals surface area contributed by atoms with Gasteiger partial charge < -0.3 is 18.9 Å². The number of methoxy groups -OCH3 is 2. The molecule has 3 aromatic rings. The van der Waals surface area contributed by atoms with E-state index >= 15 is 0 Å². The van der Waals surface area contributed by atoms with Crippen molar-refractivity contribution in [2.45, 2.75) is 38.9 Å². The molecule has 2 aromatic carbocycles. The van der Waals surface area contributed by atoms with E-state index in [0.717, 1.165) is 0 Å². The number of nitrogens with zero attached hydrogens (tertiary/aromatic N) is 1. The van der Waals surface area contributed by atoms with Crippen LogP contribution in [0.4, 0.5) is 0 Å². The van der Waals surface area contributed by atoms with Crippen LogP contribution in [0, 0.1) is 5.92 Å². The number of fused-ring (bicyclic) bond motifs is 2. The van der Waals surface area contributed by atoms with E-state index in [0.29, 0.717) is 16.8 Å². The first-order valence-electron chi connectivity index (χ1n) is 12.2. The molecule has 1 aliphatic heterocycles. The molecule has 2 atom stereocenters. The second-order valence-corrected chi connectivity index (χ2v) is 9.98. The minimum absolute atomic E-state index is 0.0443. The highest BCUT2D eigenvalue weighted by molar-refractivity contribution is 6.36. The largest absolute Gasteiger partial charge is 0.496 e. The molecule has 0 N–H and O–H groups in total. The van der Waals surface area contributed by atoms with E-state index in [4.69, 9.17) is 30.5 Å². The predicted octanol–water partition coefficient (Wildman–Crippen LogP) is 5.37. The molecular weight excluding hydrogens is 510 g/mol. The Labute approximate surface area is 224 Å². The number of carbonyl (C=O) groups is 3. The lowest BCUT2D eigenvalue weighted by molar-refractivity contribution is 0.0253. The molecule has 1 aromatic heterocycles. The monoisotopic (exact) mass is 535 g/mol. The summed E-state index contributed by atoms with van der Waals surface area (Å²) in [4.78, 5) is 45.8. The van der Waals surface area contributed by atoms with Crippen LogP contribution in [0.15, 0.2) is 42.5 Å². The molecule has 196 valence electrons. The van der Waals surface area contributed by atoms with Crippen LogP contribution in [0.5, 0.6) is 17.2 Å². The van der Waals surface area contributed by atoms with Crippen LogP contribution in [-0.2, 0) is 11.2 Å². The van der Waals surface area contributed by atoms with Gasteiger partial charge in [-0.2, -0.15) is 0 Å². The van der Waals surface area contributed by atoms with Crippen LogP contribution in [0.1, 0.15) is 57.7 Å². The van der Waals surface area contributed by atoms with Gasteiger partial charge in [-0.3, -0.25) is 9.59 Å². The molecular formula is C29H26ClNO7. The Kier molecular flexibility index (Phi) is 6.39. The summed E-state index contributed by atoms with van der Waals surface area (Å²) >= 11 is 6.54. The van der Waals surface area contributed by atoms with E-state index in [1.807, 2.05) is 30.3 Å². The molecule has 5 rings (SSSR count). The number of esters is 1. The van der Waals surface area contributed by atoms with Gasteiger partial charge >= 0.3 is 5.97 Å². The minimum atomic E-state index is -1.89. The van der Waals surface area contributed by atoms with Crippen LogP contribution in [0.3, 0.4) is 0 Å². The first-order valence-corrected chi connectivity index (χ1v) is 12.5. The number of rotatable bonds is 5. The normalized spacial score (nSPS) is 19.7. The maximum atomic E-state index is 14.4. The molecule has 1 spiro atoms. The van der Waals surface area contributed by atoms with Gasteiger partial charge in [0.25, 0.3) is 0 Å². The van der Waals surface area contributed by atoms with Crippen LogP contribution in [0.25, 0.3) is 11.1 Å². The summed E-state index contributed by atoms with van der Waals surface area (Å²) in [6.45, 7) is 5.24. The third-order valence-electron chi connectivity index (χ3n) is 6.91. The summed E-state index contributed by atoms with van der Waals surface area (Å²) in [6, 6.07) is 12.2. The molecule has 0 saturated carbocycles. The summed E-state index contributed by atoms with van der Waals surface area (Å²) in [5, 5.41) is 0.0764. The van der Waals surface area contributed by atoms with Crippen molar-refractivity contribution in [3.8, 4) is 28.4 Å². The third kappa shape index (κ3) is 3.74. The molecule has 1 aliphatic carbocycles. The number of Topliss-reactive ketones (excluding diaryl/α,β-unsaturated/α-hetero) is 2. The van der Waals surface area contributed by atoms with Crippen LogP contribution in [0.2, 0.25) is 5.02 Å². The molecule has 0 amide bonds. The Bertz CT molecular complexity index is 1480. The fourth-order valence-corrected chi connectivity index (χ4v) is 5.41. The third-order valence-corrected chi connectivity index (χ3v) is 7.27. The summed E-state index contributed by atoms with van der Waals surface area (Å²) in [6.07, 6.45) is -0.149. The number of carbonyl (C=O) groups excluding carboxylic acids is 3. The number of hydrogen-bond acceptors (Lipinski definition) is 8. The molecule has 2 heterocycles. The summed E-state index contributed by atoms with van der Waals surface area (Å²) in [5.41, 5.74) is 0.0569. The number of hydrogen-bond donors (Lipinski definition) is 0. The minimum Gasteiger partial charge on any atom is -0.496 e. The zero-order valence-electron chi connectivity index (χ0n) is 21.6. The number of halogens is 1. The highest BCUT2D eigenvalue weighted by atomic mass is 35.5. The van der Waals surface area contributed by atoms with E-state index in [1.165, 1.54) is 26.4 Å². The van der Waals surface area contributed by atoms with Gasteiger partial charge in [-0.25, -0.2) is 9.78 Å². The van der Waals surface area contributed by atoms with Crippen molar-refractivity contribution in [3.05, 3.63) is 70.0 Å².